The van der Waals surface area contributed by atoms with Crippen LogP contribution in [-0.4, -0.2) is 20.4 Å². The van der Waals surface area contributed by atoms with Crippen molar-refractivity contribution in [2.45, 2.75) is 13.8 Å². The highest BCUT2D eigenvalue weighted by Crippen LogP contribution is 2.25. The molecule has 0 aliphatic heterocycles. The Morgan fingerprint density at radius 2 is 1.83 bits per heavy atom. The zero-order valence-corrected chi connectivity index (χ0v) is 16.4. The summed E-state index contributed by atoms with van der Waals surface area (Å²) in [6.45, 7) is 3.82. The minimum atomic E-state index is -0.278. The number of nitrogens with one attached hydrogen (secondary N) is 1. The van der Waals surface area contributed by atoms with Crippen molar-refractivity contribution in [1.82, 2.24) is 14.5 Å². The first-order chi connectivity index (χ1) is 13.9. The number of aromatic nitrogens is 3. The first-order valence-electron chi connectivity index (χ1n) is 9.24. The molecule has 6 nitrogen and oxygen atoms in total. The van der Waals surface area contributed by atoms with Gasteiger partial charge in [-0.2, -0.15) is 0 Å². The second-order valence-electron chi connectivity index (χ2n) is 7.01. The van der Waals surface area contributed by atoms with Gasteiger partial charge in [0, 0.05) is 41.6 Å². The van der Waals surface area contributed by atoms with E-state index in [0.29, 0.717) is 16.9 Å². The maximum absolute atomic E-state index is 13.1. The quantitative estimate of drug-likeness (QED) is 0.582. The number of aryl methyl sites for hydroxylation is 3. The van der Waals surface area contributed by atoms with Crippen molar-refractivity contribution in [1.29, 1.82) is 0 Å². The smallest absolute Gasteiger partial charge is 0.258 e. The van der Waals surface area contributed by atoms with Crippen LogP contribution in [0.2, 0.25) is 0 Å². The van der Waals surface area contributed by atoms with Gasteiger partial charge in [0.05, 0.1) is 5.52 Å². The van der Waals surface area contributed by atoms with Crippen molar-refractivity contribution in [2.75, 3.05) is 5.32 Å². The van der Waals surface area contributed by atoms with E-state index in [1.165, 1.54) is 0 Å². The van der Waals surface area contributed by atoms with Crippen molar-refractivity contribution >= 4 is 22.6 Å². The Kier molecular flexibility index (Phi) is 4.68. The predicted molar refractivity (Wildman–Crippen MR) is 114 cm³/mol. The van der Waals surface area contributed by atoms with Crippen LogP contribution in [0.4, 0.5) is 5.82 Å². The molecule has 6 heteroatoms. The number of nitrogens with zero attached hydrogens (tertiary/aromatic N) is 3. The highest BCUT2D eigenvalue weighted by Gasteiger charge is 2.15. The first-order valence-corrected chi connectivity index (χ1v) is 9.24. The summed E-state index contributed by atoms with van der Waals surface area (Å²) in [4.78, 5) is 34.2. The zero-order valence-electron chi connectivity index (χ0n) is 16.4. The molecule has 0 aliphatic carbocycles. The molecule has 3 heterocycles. The van der Waals surface area contributed by atoms with Crippen molar-refractivity contribution in [2.24, 2.45) is 7.05 Å². The van der Waals surface area contributed by atoms with Crippen LogP contribution in [-0.2, 0) is 7.05 Å². The maximum Gasteiger partial charge on any atom is 0.258 e. The van der Waals surface area contributed by atoms with Crippen LogP contribution in [0, 0.1) is 13.8 Å². The molecule has 0 saturated carbocycles. The molecule has 0 unspecified atom stereocenters. The van der Waals surface area contributed by atoms with Gasteiger partial charge in [-0.05, 0) is 61.4 Å². The predicted octanol–water partition coefficient (Wildman–Crippen LogP) is 3.86. The van der Waals surface area contributed by atoms with Gasteiger partial charge < -0.3 is 9.88 Å². The van der Waals surface area contributed by atoms with E-state index in [2.05, 4.69) is 15.3 Å². The molecule has 4 rings (SSSR count). The Morgan fingerprint density at radius 3 is 2.59 bits per heavy atom. The van der Waals surface area contributed by atoms with Crippen molar-refractivity contribution in [3.8, 4) is 11.1 Å². The summed E-state index contributed by atoms with van der Waals surface area (Å²) in [6.07, 6.45) is 3.38. The second-order valence-corrected chi connectivity index (χ2v) is 7.01. The molecular weight excluding hydrogens is 364 g/mol. The van der Waals surface area contributed by atoms with E-state index < -0.39 is 0 Å². The highest BCUT2D eigenvalue weighted by atomic mass is 16.1. The van der Waals surface area contributed by atoms with Crippen LogP contribution in [0.15, 0.2) is 65.7 Å². The van der Waals surface area contributed by atoms with E-state index in [4.69, 9.17) is 0 Å². The average molecular weight is 384 g/mol. The Hall–Kier alpha value is -3.80. The van der Waals surface area contributed by atoms with Gasteiger partial charge in [0.25, 0.3) is 11.5 Å². The lowest BCUT2D eigenvalue weighted by molar-refractivity contribution is 0.102. The Labute approximate surface area is 167 Å². The molecule has 29 heavy (non-hydrogen) atoms. The number of amides is 1. The number of hydrogen-bond acceptors (Lipinski definition) is 4. The van der Waals surface area contributed by atoms with Crippen molar-refractivity contribution in [3.05, 3.63) is 88.1 Å². The van der Waals surface area contributed by atoms with Crippen LogP contribution in [0.25, 0.3) is 22.0 Å². The SMILES string of the molecule is Cc1cc2c(cn1)cc(-c1cc(C(=O)Nc3ccccn3)ccc1C)c(=O)n2C. The van der Waals surface area contributed by atoms with Gasteiger partial charge in [-0.25, -0.2) is 4.98 Å². The summed E-state index contributed by atoms with van der Waals surface area (Å²) in [5.74, 6) is 0.197. The minimum absolute atomic E-state index is 0.117. The van der Waals surface area contributed by atoms with Crippen molar-refractivity contribution < 1.29 is 4.79 Å². The molecular formula is C23H20N4O2. The van der Waals surface area contributed by atoms with Gasteiger partial charge in [-0.3, -0.25) is 14.6 Å². The molecule has 0 radical (unpaired) electrons. The normalized spacial score (nSPS) is 10.9. The number of hydrogen-bond donors (Lipinski definition) is 1. The average Bonchev–Trinajstić information content (AvgIpc) is 2.72. The van der Waals surface area contributed by atoms with E-state index >= 15 is 0 Å². The van der Waals surface area contributed by atoms with Crippen LogP contribution in [0.1, 0.15) is 21.6 Å². The molecule has 3 aromatic heterocycles. The fourth-order valence-electron chi connectivity index (χ4n) is 3.34. The van der Waals surface area contributed by atoms with Gasteiger partial charge in [-0.15, -0.1) is 0 Å². The molecule has 0 fully saturated rings. The largest absolute Gasteiger partial charge is 0.311 e. The fraction of sp³-hybridized carbons (Fsp3) is 0.130. The summed E-state index contributed by atoms with van der Waals surface area (Å²) in [5.41, 5.74) is 4.19. The van der Waals surface area contributed by atoms with Crippen LogP contribution in [0.3, 0.4) is 0 Å². The second kappa shape index (κ2) is 7.31. The van der Waals surface area contributed by atoms with E-state index in [0.717, 1.165) is 27.7 Å². The molecule has 1 amide bonds. The number of pyridine rings is 3. The molecule has 1 aromatic carbocycles. The lowest BCUT2D eigenvalue weighted by Crippen LogP contribution is -2.20. The van der Waals surface area contributed by atoms with E-state index in [9.17, 15) is 9.59 Å². The van der Waals surface area contributed by atoms with Crippen LogP contribution >= 0.6 is 0 Å². The number of carbonyl (C=O) groups excluding carboxylic acids is 1. The lowest BCUT2D eigenvalue weighted by Gasteiger charge is -2.12. The molecule has 0 bridgehead atoms. The number of rotatable bonds is 3. The summed E-state index contributed by atoms with van der Waals surface area (Å²) < 4.78 is 1.62. The third-order valence-corrected chi connectivity index (χ3v) is 4.94. The van der Waals surface area contributed by atoms with Gasteiger partial charge >= 0.3 is 0 Å². The Balaban J connectivity index is 1.80. The van der Waals surface area contributed by atoms with Gasteiger partial charge in [0.2, 0.25) is 0 Å². The monoisotopic (exact) mass is 384 g/mol. The molecule has 144 valence electrons. The number of anilines is 1. The maximum atomic E-state index is 13.1. The molecule has 0 spiro atoms. The molecule has 1 N–H and O–H groups in total. The number of fused-ring (bicyclic) bond motifs is 1. The van der Waals surface area contributed by atoms with E-state index in [1.54, 1.807) is 54.3 Å². The standard InChI is InChI=1S/C23H20N4O2/c1-14-7-8-16(22(28)26-21-6-4-5-9-24-21)11-18(14)19-12-17-13-25-15(2)10-20(17)27(3)23(19)29/h4-13H,1-3H3,(H,24,26,28). The third-order valence-electron chi connectivity index (χ3n) is 4.94. The summed E-state index contributed by atoms with van der Waals surface area (Å²) in [5, 5.41) is 3.65. The third kappa shape index (κ3) is 3.52. The minimum Gasteiger partial charge on any atom is -0.311 e. The molecule has 0 atom stereocenters. The first kappa shape index (κ1) is 18.6. The molecule has 4 aromatic rings. The highest BCUT2D eigenvalue weighted by molar-refractivity contribution is 6.04. The van der Waals surface area contributed by atoms with E-state index in [1.807, 2.05) is 32.0 Å². The lowest BCUT2D eigenvalue weighted by atomic mass is 9.97. The Bertz CT molecular complexity index is 1290. The summed E-state index contributed by atoms with van der Waals surface area (Å²) in [7, 11) is 1.75. The summed E-state index contributed by atoms with van der Waals surface area (Å²) in [6, 6.07) is 14.4. The van der Waals surface area contributed by atoms with E-state index in [-0.39, 0.29) is 11.5 Å². The Morgan fingerprint density at radius 1 is 1.00 bits per heavy atom. The zero-order chi connectivity index (χ0) is 20.5. The van der Waals surface area contributed by atoms with Crippen LogP contribution < -0.4 is 10.9 Å². The number of benzene rings is 1. The fourth-order valence-corrected chi connectivity index (χ4v) is 3.34. The molecule has 0 aliphatic rings. The summed E-state index contributed by atoms with van der Waals surface area (Å²) >= 11 is 0. The van der Waals surface area contributed by atoms with Gasteiger partial charge in [-0.1, -0.05) is 12.1 Å². The molecule has 0 saturated heterocycles. The number of carbonyl (C=O) groups is 1. The topological polar surface area (TPSA) is 76.9 Å². The van der Waals surface area contributed by atoms with Gasteiger partial charge in [0.1, 0.15) is 5.82 Å². The van der Waals surface area contributed by atoms with Crippen LogP contribution in [0.5, 0.6) is 0 Å². The van der Waals surface area contributed by atoms with Crippen molar-refractivity contribution in [3.63, 3.8) is 0 Å². The van der Waals surface area contributed by atoms with Gasteiger partial charge in [0.15, 0.2) is 0 Å².